The molecule has 2 rings (SSSR count). The molecule has 0 radical (unpaired) electrons. The number of aromatic carboxylic acids is 1. The van der Waals surface area contributed by atoms with Crippen molar-refractivity contribution in [3.05, 3.63) is 53.6 Å². The summed E-state index contributed by atoms with van der Waals surface area (Å²) in [5.41, 5.74) is 0.490. The predicted octanol–water partition coefficient (Wildman–Crippen LogP) is 2.55. The largest absolute Gasteiger partial charge is 0.493 e. The van der Waals surface area contributed by atoms with Crippen LogP contribution in [-0.4, -0.2) is 57.9 Å². The third-order valence-corrected chi connectivity index (χ3v) is 3.85. The summed E-state index contributed by atoms with van der Waals surface area (Å²) in [6, 6.07) is 11.2. The van der Waals surface area contributed by atoms with Crippen molar-refractivity contribution < 1.29 is 38.4 Å². The molecule has 9 nitrogen and oxygen atoms in total. The van der Waals surface area contributed by atoms with Gasteiger partial charge in [0.05, 0.1) is 6.61 Å². The Kier molecular flexibility index (Phi) is 9.43. The maximum Gasteiger partial charge on any atom is 0.339 e. The molecule has 0 fully saturated rings. The van der Waals surface area contributed by atoms with Crippen LogP contribution in [0.2, 0.25) is 0 Å². The van der Waals surface area contributed by atoms with Gasteiger partial charge in [0.15, 0.2) is 25.1 Å². The highest BCUT2D eigenvalue weighted by Crippen LogP contribution is 2.28. The molecule has 0 spiro atoms. The van der Waals surface area contributed by atoms with Crippen LogP contribution in [0.3, 0.4) is 0 Å². The number of para-hydroxylation sites is 1. The molecule has 0 unspecified atom stereocenters. The van der Waals surface area contributed by atoms with Crippen molar-refractivity contribution in [3.63, 3.8) is 0 Å². The van der Waals surface area contributed by atoms with Gasteiger partial charge in [0, 0.05) is 26.3 Å². The number of methoxy groups -OCH3 is 2. The second kappa shape index (κ2) is 12.3. The molecule has 0 atom stereocenters. The molecule has 0 aliphatic heterocycles. The number of rotatable bonds is 13. The van der Waals surface area contributed by atoms with Gasteiger partial charge in [-0.25, -0.2) is 4.79 Å². The Balaban J connectivity index is 1.86. The summed E-state index contributed by atoms with van der Waals surface area (Å²) in [6.45, 7) is 0.657. The zero-order valence-corrected chi connectivity index (χ0v) is 16.9. The third-order valence-electron chi connectivity index (χ3n) is 3.85. The van der Waals surface area contributed by atoms with Crippen LogP contribution in [0.25, 0.3) is 0 Å². The Morgan fingerprint density at radius 2 is 1.60 bits per heavy atom. The van der Waals surface area contributed by atoms with Gasteiger partial charge in [0.1, 0.15) is 11.3 Å². The average Bonchev–Trinajstić information content (AvgIpc) is 2.76. The normalized spacial score (nSPS) is 10.3. The molecule has 2 aromatic rings. The van der Waals surface area contributed by atoms with Crippen LogP contribution in [0.15, 0.2) is 42.5 Å². The first-order chi connectivity index (χ1) is 14.6. The van der Waals surface area contributed by atoms with Gasteiger partial charge in [-0.15, -0.1) is 0 Å². The highest BCUT2D eigenvalue weighted by atomic mass is 16.7. The smallest absolute Gasteiger partial charge is 0.339 e. The van der Waals surface area contributed by atoms with E-state index in [-0.39, 0.29) is 31.7 Å². The number of carboxylic acid groups (broad SMARTS) is 1. The number of carbonyl (C=O) groups is 2. The first-order valence-electron chi connectivity index (χ1n) is 9.17. The zero-order valence-electron chi connectivity index (χ0n) is 16.9. The molecular weight excluding hydrogens is 394 g/mol. The molecule has 0 saturated carbocycles. The molecule has 0 aliphatic rings. The average molecular weight is 419 g/mol. The first kappa shape index (κ1) is 23.0. The van der Waals surface area contributed by atoms with E-state index >= 15 is 0 Å². The van der Waals surface area contributed by atoms with Crippen molar-refractivity contribution >= 4 is 11.9 Å². The topological polar surface area (TPSA) is 113 Å². The molecule has 30 heavy (non-hydrogen) atoms. The van der Waals surface area contributed by atoms with Crippen molar-refractivity contribution in [2.24, 2.45) is 0 Å². The molecule has 162 valence electrons. The highest BCUT2D eigenvalue weighted by molar-refractivity contribution is 5.94. The van der Waals surface area contributed by atoms with Crippen LogP contribution < -0.4 is 19.5 Å². The molecule has 0 aromatic heterocycles. The summed E-state index contributed by atoms with van der Waals surface area (Å²) in [6.07, 6.45) is 0.502. The van der Waals surface area contributed by atoms with Crippen LogP contribution in [0.5, 0.6) is 17.2 Å². The maximum atomic E-state index is 12.4. The van der Waals surface area contributed by atoms with E-state index in [1.165, 1.54) is 20.3 Å². The van der Waals surface area contributed by atoms with Crippen LogP contribution in [0, 0.1) is 0 Å². The zero-order chi connectivity index (χ0) is 21.8. The van der Waals surface area contributed by atoms with E-state index in [0.29, 0.717) is 35.8 Å². The summed E-state index contributed by atoms with van der Waals surface area (Å²) in [4.78, 5) is 23.6. The predicted molar refractivity (Wildman–Crippen MR) is 107 cm³/mol. The van der Waals surface area contributed by atoms with Gasteiger partial charge in [-0.1, -0.05) is 12.1 Å². The van der Waals surface area contributed by atoms with Crippen molar-refractivity contribution in [2.45, 2.75) is 6.42 Å². The van der Waals surface area contributed by atoms with E-state index in [9.17, 15) is 9.59 Å². The van der Waals surface area contributed by atoms with E-state index < -0.39 is 5.97 Å². The number of hydrogen-bond donors (Lipinski definition) is 2. The maximum absolute atomic E-state index is 12.4. The van der Waals surface area contributed by atoms with Crippen molar-refractivity contribution in [1.82, 2.24) is 5.32 Å². The summed E-state index contributed by atoms with van der Waals surface area (Å²) < 4.78 is 26.1. The molecule has 0 bridgehead atoms. The monoisotopic (exact) mass is 419 g/mol. The van der Waals surface area contributed by atoms with Crippen LogP contribution >= 0.6 is 0 Å². The molecule has 2 aromatic carbocycles. The second-order valence-electron chi connectivity index (χ2n) is 6.02. The molecule has 9 heteroatoms. The van der Waals surface area contributed by atoms with Gasteiger partial charge in [-0.05, 0) is 36.8 Å². The van der Waals surface area contributed by atoms with E-state index in [2.05, 4.69) is 5.32 Å². The fraction of sp³-hybridized carbons (Fsp3) is 0.333. The molecule has 0 aliphatic carbocycles. The van der Waals surface area contributed by atoms with Crippen LogP contribution in [0.4, 0.5) is 0 Å². The summed E-state index contributed by atoms with van der Waals surface area (Å²) in [7, 11) is 2.99. The molecule has 0 heterocycles. The number of carboxylic acids is 1. The Morgan fingerprint density at radius 3 is 2.30 bits per heavy atom. The number of amides is 1. The number of ether oxygens (including phenoxy) is 5. The highest BCUT2D eigenvalue weighted by Gasteiger charge is 2.13. The summed E-state index contributed by atoms with van der Waals surface area (Å²) >= 11 is 0. The Bertz CT molecular complexity index is 840. The van der Waals surface area contributed by atoms with Crippen molar-refractivity contribution in [2.75, 3.05) is 41.0 Å². The lowest BCUT2D eigenvalue weighted by molar-refractivity contribution is 0.0322. The molecule has 0 saturated heterocycles. The number of hydrogen-bond acceptors (Lipinski definition) is 7. The minimum atomic E-state index is -1.05. The van der Waals surface area contributed by atoms with Crippen molar-refractivity contribution in [3.8, 4) is 17.2 Å². The van der Waals surface area contributed by atoms with Gasteiger partial charge in [-0.3, -0.25) is 4.79 Å². The Hall–Kier alpha value is -3.30. The molecular formula is C21H25NO8. The minimum Gasteiger partial charge on any atom is -0.493 e. The van der Waals surface area contributed by atoms with Gasteiger partial charge in [-0.2, -0.15) is 0 Å². The second-order valence-corrected chi connectivity index (χ2v) is 6.02. The summed E-state index contributed by atoms with van der Waals surface area (Å²) in [5.74, 6) is -0.265. The Labute approximate surface area is 174 Å². The van der Waals surface area contributed by atoms with Crippen LogP contribution in [-0.2, 0) is 9.47 Å². The minimum absolute atomic E-state index is 0.00354. The quantitative estimate of drug-likeness (QED) is 0.376. The number of benzene rings is 2. The Morgan fingerprint density at radius 1 is 0.900 bits per heavy atom. The van der Waals surface area contributed by atoms with Crippen molar-refractivity contribution in [1.29, 1.82) is 0 Å². The fourth-order valence-electron chi connectivity index (χ4n) is 2.45. The van der Waals surface area contributed by atoms with Crippen LogP contribution in [0.1, 0.15) is 27.1 Å². The van der Waals surface area contributed by atoms with Gasteiger partial charge >= 0.3 is 5.97 Å². The van der Waals surface area contributed by atoms with E-state index in [4.69, 9.17) is 28.8 Å². The lowest BCUT2D eigenvalue weighted by atomic mass is 10.2. The van der Waals surface area contributed by atoms with Gasteiger partial charge in [0.25, 0.3) is 5.91 Å². The van der Waals surface area contributed by atoms with Gasteiger partial charge < -0.3 is 34.1 Å². The SMILES string of the molecule is COCOc1ccc(C(=O)NCCCOc2ccccc2C(=O)O)cc1OCOC. The molecule has 2 N–H and O–H groups in total. The fourth-order valence-corrected chi connectivity index (χ4v) is 2.45. The van der Waals surface area contributed by atoms with Gasteiger partial charge in [0.2, 0.25) is 0 Å². The van der Waals surface area contributed by atoms with E-state index in [1.54, 1.807) is 36.4 Å². The first-order valence-corrected chi connectivity index (χ1v) is 9.17. The van der Waals surface area contributed by atoms with E-state index in [0.717, 1.165) is 0 Å². The summed E-state index contributed by atoms with van der Waals surface area (Å²) in [5, 5.41) is 11.9. The number of nitrogens with one attached hydrogen (secondary N) is 1. The molecule has 1 amide bonds. The number of carbonyl (C=O) groups excluding carboxylic acids is 1. The third kappa shape index (κ3) is 6.94. The standard InChI is InChI=1S/C21H25NO8/c1-26-13-29-18-9-8-15(12-19(18)30-14-27-2)20(23)22-10-5-11-28-17-7-4-3-6-16(17)21(24)25/h3-4,6-9,12H,5,10-11,13-14H2,1-2H3,(H,22,23)(H,24,25). The van der Waals surface area contributed by atoms with E-state index in [1.807, 2.05) is 0 Å². The lowest BCUT2D eigenvalue weighted by Gasteiger charge is -2.13. The lowest BCUT2D eigenvalue weighted by Crippen LogP contribution is -2.25.